The summed E-state index contributed by atoms with van der Waals surface area (Å²) >= 11 is 0. The van der Waals surface area contributed by atoms with Crippen LogP contribution in [0.2, 0.25) is 0 Å². The molecule has 0 aromatic heterocycles. The largest absolute Gasteiger partial charge is 0.355 e. The molecular weight excluding hydrogens is 388 g/mol. The number of hydrogen-bond acceptors (Lipinski definition) is 4. The Balaban J connectivity index is 1.70. The molecule has 0 spiro atoms. The predicted molar refractivity (Wildman–Crippen MR) is 125 cm³/mol. The highest BCUT2D eigenvalue weighted by Crippen LogP contribution is 2.25. The lowest BCUT2D eigenvalue weighted by molar-refractivity contribution is -0.125. The molecule has 1 heterocycles. The Kier molecular flexibility index (Phi) is 8.20. The number of piperazine rings is 1. The fourth-order valence-corrected chi connectivity index (χ4v) is 3.94. The number of hydrogen-bond donors (Lipinski definition) is 2. The highest BCUT2D eigenvalue weighted by atomic mass is 16.2. The van der Waals surface area contributed by atoms with E-state index in [1.807, 2.05) is 63.2 Å². The first-order valence-electron chi connectivity index (χ1n) is 11.1. The van der Waals surface area contributed by atoms with Crippen molar-refractivity contribution in [2.24, 2.45) is 0 Å². The fourth-order valence-electron chi connectivity index (χ4n) is 3.94. The molecular formula is C25H34N4O2. The van der Waals surface area contributed by atoms with Crippen molar-refractivity contribution >= 4 is 17.5 Å². The third kappa shape index (κ3) is 6.39. The summed E-state index contributed by atoms with van der Waals surface area (Å²) in [4.78, 5) is 29.8. The Morgan fingerprint density at radius 2 is 1.71 bits per heavy atom. The maximum absolute atomic E-state index is 13.4. The highest BCUT2D eigenvalue weighted by Gasteiger charge is 2.31. The maximum atomic E-state index is 13.4. The molecule has 166 valence electrons. The zero-order valence-corrected chi connectivity index (χ0v) is 18.9. The number of aryl methyl sites for hydroxylation is 2. The Hall–Kier alpha value is -2.70. The molecule has 31 heavy (non-hydrogen) atoms. The van der Waals surface area contributed by atoms with Crippen LogP contribution in [0.4, 0.5) is 5.69 Å². The van der Waals surface area contributed by atoms with Crippen LogP contribution < -0.4 is 10.6 Å². The van der Waals surface area contributed by atoms with Gasteiger partial charge in [-0.15, -0.1) is 0 Å². The molecule has 1 fully saturated rings. The van der Waals surface area contributed by atoms with Crippen LogP contribution in [-0.4, -0.2) is 60.9 Å². The van der Waals surface area contributed by atoms with Crippen molar-refractivity contribution in [3.8, 4) is 0 Å². The van der Waals surface area contributed by atoms with E-state index in [4.69, 9.17) is 0 Å². The fraction of sp³-hybridized carbons (Fsp3) is 0.440. The minimum absolute atomic E-state index is 0.0194. The monoisotopic (exact) mass is 422 g/mol. The van der Waals surface area contributed by atoms with Gasteiger partial charge in [0.15, 0.2) is 0 Å². The lowest BCUT2D eigenvalue weighted by atomic mass is 10.0. The van der Waals surface area contributed by atoms with Crippen molar-refractivity contribution in [2.75, 3.05) is 44.6 Å². The summed E-state index contributed by atoms with van der Waals surface area (Å²) in [6, 6.07) is 15.7. The van der Waals surface area contributed by atoms with Gasteiger partial charge in [-0.1, -0.05) is 49.4 Å². The summed E-state index contributed by atoms with van der Waals surface area (Å²) in [5.41, 5.74) is 4.01. The van der Waals surface area contributed by atoms with Crippen LogP contribution in [0.25, 0.3) is 0 Å². The van der Waals surface area contributed by atoms with Crippen LogP contribution in [0.3, 0.4) is 0 Å². The summed E-state index contributed by atoms with van der Waals surface area (Å²) in [5.74, 6) is 0.0524. The van der Waals surface area contributed by atoms with Crippen LogP contribution >= 0.6 is 0 Å². The third-order valence-corrected chi connectivity index (χ3v) is 5.73. The number of amides is 2. The summed E-state index contributed by atoms with van der Waals surface area (Å²) in [6.45, 7) is 10.2. The van der Waals surface area contributed by atoms with Crippen molar-refractivity contribution in [2.45, 2.75) is 33.2 Å². The second kappa shape index (κ2) is 11.1. The Morgan fingerprint density at radius 3 is 2.39 bits per heavy atom. The van der Waals surface area contributed by atoms with Gasteiger partial charge >= 0.3 is 0 Å². The molecule has 0 saturated carbocycles. The number of rotatable bonds is 8. The van der Waals surface area contributed by atoms with Crippen molar-refractivity contribution in [3.63, 3.8) is 0 Å². The first kappa shape index (κ1) is 23.0. The molecule has 2 N–H and O–H groups in total. The van der Waals surface area contributed by atoms with Gasteiger partial charge in [-0.2, -0.15) is 0 Å². The standard InChI is InChI=1S/C25H34N4O2/c1-4-12-26-23(30)18-28-13-15-29(16-14-28)24(21-8-6-5-7-9-21)25(31)27-22-17-19(2)10-11-20(22)3/h5-11,17,24H,4,12-16,18H2,1-3H3,(H,26,30)(H,27,31)/t24-/m0/s1. The number of benzene rings is 2. The minimum Gasteiger partial charge on any atom is -0.355 e. The number of carbonyl (C=O) groups excluding carboxylic acids is 2. The molecule has 2 aromatic carbocycles. The van der Waals surface area contributed by atoms with Gasteiger partial charge in [-0.25, -0.2) is 0 Å². The van der Waals surface area contributed by atoms with Crippen molar-refractivity contribution in [1.82, 2.24) is 15.1 Å². The van der Waals surface area contributed by atoms with E-state index in [9.17, 15) is 9.59 Å². The lowest BCUT2D eigenvalue weighted by Gasteiger charge is -2.38. The first-order chi connectivity index (χ1) is 15.0. The molecule has 0 radical (unpaired) electrons. The molecule has 1 atom stereocenters. The molecule has 1 aliphatic heterocycles. The number of nitrogens with one attached hydrogen (secondary N) is 2. The molecule has 2 amide bonds. The zero-order valence-electron chi connectivity index (χ0n) is 18.9. The summed E-state index contributed by atoms with van der Waals surface area (Å²) < 4.78 is 0. The average Bonchev–Trinajstić information content (AvgIpc) is 2.77. The van der Waals surface area contributed by atoms with E-state index in [0.717, 1.165) is 55.0 Å². The first-order valence-corrected chi connectivity index (χ1v) is 11.1. The van der Waals surface area contributed by atoms with Gasteiger partial charge in [0.2, 0.25) is 11.8 Å². The van der Waals surface area contributed by atoms with Gasteiger partial charge in [-0.3, -0.25) is 19.4 Å². The van der Waals surface area contributed by atoms with E-state index in [-0.39, 0.29) is 17.9 Å². The van der Waals surface area contributed by atoms with E-state index in [1.54, 1.807) is 0 Å². The average molecular weight is 423 g/mol. The molecule has 0 bridgehead atoms. The predicted octanol–water partition coefficient (Wildman–Crippen LogP) is 3.13. The summed E-state index contributed by atoms with van der Waals surface area (Å²) in [5, 5.41) is 6.09. The second-order valence-electron chi connectivity index (χ2n) is 8.28. The van der Waals surface area contributed by atoms with Gasteiger partial charge < -0.3 is 10.6 Å². The molecule has 2 aromatic rings. The van der Waals surface area contributed by atoms with E-state index in [0.29, 0.717) is 13.1 Å². The number of anilines is 1. The number of carbonyl (C=O) groups is 2. The molecule has 0 unspecified atom stereocenters. The second-order valence-corrected chi connectivity index (χ2v) is 8.28. The highest BCUT2D eigenvalue weighted by molar-refractivity contribution is 5.96. The third-order valence-electron chi connectivity index (χ3n) is 5.73. The van der Waals surface area contributed by atoms with E-state index >= 15 is 0 Å². The van der Waals surface area contributed by atoms with Gasteiger partial charge in [-0.05, 0) is 43.0 Å². The van der Waals surface area contributed by atoms with Crippen LogP contribution in [0.15, 0.2) is 48.5 Å². The van der Waals surface area contributed by atoms with Gasteiger partial charge in [0.25, 0.3) is 0 Å². The SMILES string of the molecule is CCCNC(=O)CN1CCN([C@H](C(=O)Nc2cc(C)ccc2C)c2ccccc2)CC1. The zero-order chi connectivity index (χ0) is 22.2. The van der Waals surface area contributed by atoms with Crippen LogP contribution in [0.1, 0.15) is 36.1 Å². The van der Waals surface area contributed by atoms with Crippen molar-refractivity contribution in [1.29, 1.82) is 0 Å². The molecule has 3 rings (SSSR count). The smallest absolute Gasteiger partial charge is 0.246 e. The molecule has 0 aliphatic carbocycles. The van der Waals surface area contributed by atoms with E-state index in [2.05, 4.69) is 26.5 Å². The van der Waals surface area contributed by atoms with Gasteiger partial charge in [0.05, 0.1) is 6.54 Å². The van der Waals surface area contributed by atoms with Gasteiger partial charge in [0.1, 0.15) is 6.04 Å². The van der Waals surface area contributed by atoms with E-state index in [1.165, 1.54) is 0 Å². The molecule has 1 aliphatic rings. The molecule has 6 nitrogen and oxygen atoms in total. The van der Waals surface area contributed by atoms with Crippen LogP contribution in [0.5, 0.6) is 0 Å². The normalized spacial score (nSPS) is 16.0. The van der Waals surface area contributed by atoms with Crippen molar-refractivity contribution in [3.05, 3.63) is 65.2 Å². The summed E-state index contributed by atoms with van der Waals surface area (Å²) in [6.07, 6.45) is 0.938. The topological polar surface area (TPSA) is 64.7 Å². The maximum Gasteiger partial charge on any atom is 0.246 e. The van der Waals surface area contributed by atoms with Crippen molar-refractivity contribution < 1.29 is 9.59 Å². The Labute approximate surface area is 185 Å². The van der Waals surface area contributed by atoms with E-state index < -0.39 is 0 Å². The van der Waals surface area contributed by atoms with Crippen LogP contribution in [0, 0.1) is 13.8 Å². The lowest BCUT2D eigenvalue weighted by Crippen LogP contribution is -2.52. The quantitative estimate of drug-likeness (QED) is 0.686. The Bertz CT molecular complexity index is 876. The molecule has 1 saturated heterocycles. The van der Waals surface area contributed by atoms with Crippen LogP contribution in [-0.2, 0) is 9.59 Å². The Morgan fingerprint density at radius 1 is 1.00 bits per heavy atom. The summed E-state index contributed by atoms with van der Waals surface area (Å²) in [7, 11) is 0. The van der Waals surface area contributed by atoms with Gasteiger partial charge in [0, 0.05) is 38.4 Å². The molecule has 6 heteroatoms. The number of nitrogens with zero attached hydrogens (tertiary/aromatic N) is 2. The minimum atomic E-state index is -0.364.